The number of carbonyl (C=O) groups is 1. The van der Waals surface area contributed by atoms with Crippen molar-refractivity contribution in [3.8, 4) is 0 Å². The molecule has 1 aliphatic rings. The third-order valence-corrected chi connectivity index (χ3v) is 4.14. The van der Waals surface area contributed by atoms with Gasteiger partial charge in [0.25, 0.3) is 0 Å². The molecule has 1 aromatic carbocycles. The predicted molar refractivity (Wildman–Crippen MR) is 85.4 cm³/mol. The monoisotopic (exact) mass is 296 g/mol. The second-order valence-electron chi connectivity index (χ2n) is 5.94. The zero-order chi connectivity index (χ0) is 13.7. The smallest absolute Gasteiger partial charge is 0.224 e. The number of hydrogen-bond donors (Lipinski definition) is 2. The van der Waals surface area contributed by atoms with Gasteiger partial charge in [-0.3, -0.25) is 4.79 Å². The molecule has 1 aliphatic heterocycles. The Bertz CT molecular complexity index is 442. The number of rotatable bonds is 4. The number of hydrogen-bond acceptors (Lipinski definition) is 2. The molecule has 3 nitrogen and oxygen atoms in total. The van der Waals surface area contributed by atoms with Gasteiger partial charge in [-0.2, -0.15) is 0 Å². The Morgan fingerprint density at radius 1 is 1.30 bits per heavy atom. The van der Waals surface area contributed by atoms with Gasteiger partial charge in [-0.1, -0.05) is 31.2 Å². The van der Waals surface area contributed by atoms with Crippen molar-refractivity contribution in [3.63, 3.8) is 0 Å². The molecule has 1 fully saturated rings. The molecule has 20 heavy (non-hydrogen) atoms. The van der Waals surface area contributed by atoms with Crippen molar-refractivity contribution in [2.24, 2.45) is 5.41 Å². The fourth-order valence-corrected chi connectivity index (χ4v) is 2.56. The van der Waals surface area contributed by atoms with Crippen molar-refractivity contribution in [1.82, 2.24) is 10.6 Å². The summed E-state index contributed by atoms with van der Waals surface area (Å²) >= 11 is 0. The molecular formula is C16H25ClN2O. The van der Waals surface area contributed by atoms with Gasteiger partial charge in [-0.05, 0) is 49.4 Å². The molecule has 112 valence electrons. The molecule has 0 saturated carbocycles. The predicted octanol–water partition coefficient (Wildman–Crippen LogP) is 2.47. The van der Waals surface area contributed by atoms with E-state index in [1.807, 2.05) is 18.2 Å². The van der Waals surface area contributed by atoms with Crippen LogP contribution >= 0.6 is 12.4 Å². The lowest BCUT2D eigenvalue weighted by Crippen LogP contribution is -2.43. The molecule has 0 aromatic heterocycles. The Morgan fingerprint density at radius 3 is 2.60 bits per heavy atom. The number of amides is 1. The summed E-state index contributed by atoms with van der Waals surface area (Å²) in [6.45, 7) is 7.23. The highest BCUT2D eigenvalue weighted by atomic mass is 35.5. The highest BCUT2D eigenvalue weighted by Gasteiger charge is 2.26. The van der Waals surface area contributed by atoms with Crippen molar-refractivity contribution in [3.05, 3.63) is 35.4 Å². The number of benzene rings is 1. The van der Waals surface area contributed by atoms with Crippen LogP contribution in [-0.4, -0.2) is 25.5 Å². The number of nitrogens with one attached hydrogen (secondary N) is 2. The van der Waals surface area contributed by atoms with E-state index in [9.17, 15) is 4.79 Å². The topological polar surface area (TPSA) is 41.1 Å². The maximum absolute atomic E-state index is 12.0. The minimum absolute atomic E-state index is 0. The molecule has 1 saturated heterocycles. The average molecular weight is 297 g/mol. The van der Waals surface area contributed by atoms with Crippen LogP contribution in [0.2, 0.25) is 0 Å². The molecule has 1 amide bonds. The molecule has 1 heterocycles. The molecule has 0 aliphatic carbocycles. The van der Waals surface area contributed by atoms with Gasteiger partial charge in [0.05, 0.1) is 6.42 Å². The van der Waals surface area contributed by atoms with E-state index < -0.39 is 0 Å². The van der Waals surface area contributed by atoms with Crippen LogP contribution in [0.4, 0.5) is 0 Å². The molecule has 0 atom stereocenters. The van der Waals surface area contributed by atoms with Gasteiger partial charge in [0.1, 0.15) is 0 Å². The molecule has 1 aromatic rings. The first-order valence-corrected chi connectivity index (χ1v) is 7.11. The zero-order valence-electron chi connectivity index (χ0n) is 12.4. The van der Waals surface area contributed by atoms with Gasteiger partial charge >= 0.3 is 0 Å². The van der Waals surface area contributed by atoms with E-state index in [1.54, 1.807) is 0 Å². The summed E-state index contributed by atoms with van der Waals surface area (Å²) in [6, 6.07) is 8.08. The first-order chi connectivity index (χ1) is 9.09. The van der Waals surface area contributed by atoms with Gasteiger partial charge < -0.3 is 10.6 Å². The van der Waals surface area contributed by atoms with Gasteiger partial charge in [-0.15, -0.1) is 12.4 Å². The molecule has 4 heteroatoms. The molecule has 0 radical (unpaired) electrons. The Hall–Kier alpha value is -1.06. The molecule has 2 N–H and O–H groups in total. The Labute approximate surface area is 127 Å². The number of aryl methyl sites for hydroxylation is 1. The lowest BCUT2D eigenvalue weighted by Gasteiger charge is -2.34. The van der Waals surface area contributed by atoms with Crippen LogP contribution in [-0.2, 0) is 11.2 Å². The van der Waals surface area contributed by atoms with Crippen molar-refractivity contribution in [1.29, 1.82) is 0 Å². The Morgan fingerprint density at radius 2 is 1.95 bits per heavy atom. The molecule has 0 bridgehead atoms. The van der Waals surface area contributed by atoms with E-state index >= 15 is 0 Å². The standard InChI is InChI=1S/C16H24N2O.ClH/c1-13-5-3-4-6-14(13)11-15(19)18-12-16(2)7-9-17-10-8-16;/h3-6,17H,7-12H2,1-2H3,(H,18,19);1H. The summed E-state index contributed by atoms with van der Waals surface area (Å²) in [7, 11) is 0. The highest BCUT2D eigenvalue weighted by Crippen LogP contribution is 2.26. The summed E-state index contributed by atoms with van der Waals surface area (Å²) in [5.74, 6) is 0.133. The molecular weight excluding hydrogens is 272 g/mol. The van der Waals surface area contributed by atoms with E-state index in [1.165, 1.54) is 5.56 Å². The molecule has 2 rings (SSSR count). The van der Waals surface area contributed by atoms with Crippen molar-refractivity contribution >= 4 is 18.3 Å². The number of carbonyl (C=O) groups excluding carboxylic acids is 1. The maximum atomic E-state index is 12.0. The van der Waals surface area contributed by atoms with Crippen LogP contribution in [0.15, 0.2) is 24.3 Å². The summed E-state index contributed by atoms with van der Waals surface area (Å²) in [5, 5.41) is 6.46. The zero-order valence-corrected chi connectivity index (χ0v) is 13.2. The SMILES string of the molecule is Cc1ccccc1CC(=O)NCC1(C)CCNCC1.Cl. The Kier molecular flexibility index (Phi) is 6.50. The van der Waals surface area contributed by atoms with Gasteiger partial charge in [0, 0.05) is 6.54 Å². The summed E-state index contributed by atoms with van der Waals surface area (Å²) in [5.41, 5.74) is 2.56. The van der Waals surface area contributed by atoms with E-state index in [-0.39, 0.29) is 23.7 Å². The largest absolute Gasteiger partial charge is 0.355 e. The fourth-order valence-electron chi connectivity index (χ4n) is 2.56. The minimum atomic E-state index is 0. The maximum Gasteiger partial charge on any atom is 0.224 e. The van der Waals surface area contributed by atoms with Crippen LogP contribution in [0.3, 0.4) is 0 Å². The third kappa shape index (κ3) is 4.80. The quantitative estimate of drug-likeness (QED) is 0.896. The van der Waals surface area contributed by atoms with E-state index in [4.69, 9.17) is 0 Å². The Balaban J connectivity index is 0.00000200. The summed E-state index contributed by atoms with van der Waals surface area (Å²) in [4.78, 5) is 12.0. The van der Waals surface area contributed by atoms with E-state index in [0.717, 1.165) is 38.0 Å². The van der Waals surface area contributed by atoms with Crippen molar-refractivity contribution in [2.75, 3.05) is 19.6 Å². The van der Waals surface area contributed by atoms with Gasteiger partial charge in [-0.25, -0.2) is 0 Å². The second kappa shape index (κ2) is 7.65. The van der Waals surface area contributed by atoms with Crippen LogP contribution in [0.5, 0.6) is 0 Å². The van der Waals surface area contributed by atoms with Crippen LogP contribution in [0.25, 0.3) is 0 Å². The van der Waals surface area contributed by atoms with Crippen LogP contribution < -0.4 is 10.6 Å². The van der Waals surface area contributed by atoms with Crippen molar-refractivity contribution < 1.29 is 4.79 Å². The number of halogens is 1. The van der Waals surface area contributed by atoms with Gasteiger partial charge in [0.2, 0.25) is 5.91 Å². The third-order valence-electron chi connectivity index (χ3n) is 4.14. The normalized spacial score (nSPS) is 17.1. The number of piperidine rings is 1. The molecule has 0 spiro atoms. The van der Waals surface area contributed by atoms with E-state index in [2.05, 4.69) is 30.5 Å². The minimum Gasteiger partial charge on any atom is -0.355 e. The van der Waals surface area contributed by atoms with E-state index in [0.29, 0.717) is 6.42 Å². The van der Waals surface area contributed by atoms with Gasteiger partial charge in [0.15, 0.2) is 0 Å². The summed E-state index contributed by atoms with van der Waals surface area (Å²) in [6.07, 6.45) is 2.76. The highest BCUT2D eigenvalue weighted by molar-refractivity contribution is 5.85. The first-order valence-electron chi connectivity index (χ1n) is 7.11. The first kappa shape index (κ1) is 17.0. The second-order valence-corrected chi connectivity index (χ2v) is 5.94. The van der Waals surface area contributed by atoms with Crippen molar-refractivity contribution in [2.45, 2.75) is 33.1 Å². The fraction of sp³-hybridized carbons (Fsp3) is 0.562. The lowest BCUT2D eigenvalue weighted by molar-refractivity contribution is -0.121. The van der Waals surface area contributed by atoms with Crippen LogP contribution in [0.1, 0.15) is 30.9 Å². The lowest BCUT2D eigenvalue weighted by atomic mass is 9.81. The van der Waals surface area contributed by atoms with Crippen LogP contribution in [0, 0.1) is 12.3 Å². The average Bonchev–Trinajstić information content (AvgIpc) is 2.40. The molecule has 0 unspecified atom stereocenters. The summed E-state index contributed by atoms with van der Waals surface area (Å²) < 4.78 is 0.